The molecule has 0 radical (unpaired) electrons. The average molecular weight is 1980 g/mol. The third kappa shape index (κ3) is 32.4. The summed E-state index contributed by atoms with van der Waals surface area (Å²) in [6.07, 6.45) is 7.15. The number of nitrogens with one attached hydrogen (secondary N) is 13. The predicted octanol–water partition coefficient (Wildman–Crippen LogP) is 27.7. The first kappa shape index (κ1) is 108. The molecule has 149 heavy (non-hydrogen) atoms. The number of carbonyl (C=O) groups excluding carboxylic acids is 1. The van der Waals surface area contributed by atoms with Gasteiger partial charge in [-0.1, -0.05) is 299 Å². The molecular weight excluding hydrogens is 1830 g/mol. The fraction of sp³-hybridized carbons (Fsp3) is 0.250. The fourth-order valence-corrected chi connectivity index (χ4v) is 19.1. The molecule has 0 amide bonds. The fourth-order valence-electron chi connectivity index (χ4n) is 19.1. The number of nitrogens with zero attached hydrogens (tertiary/aromatic N) is 1. The van der Waals surface area contributed by atoms with Gasteiger partial charge in [-0.3, -0.25) is 0 Å². The third-order valence-electron chi connectivity index (χ3n) is 28.2. The predicted molar refractivity (Wildman–Crippen MR) is 624 cm³/mol. The van der Waals surface area contributed by atoms with Crippen molar-refractivity contribution in [2.75, 3.05) is 35.6 Å². The molecule has 14 N–H and O–H groups in total. The van der Waals surface area contributed by atoms with Crippen LogP contribution >= 0.6 is 0 Å². The minimum absolute atomic E-state index is 0. The highest BCUT2D eigenvalue weighted by Gasteiger charge is 2.22. The van der Waals surface area contributed by atoms with Gasteiger partial charge in [-0.05, 0) is 301 Å². The zero-order valence-corrected chi connectivity index (χ0v) is 87.3. The van der Waals surface area contributed by atoms with Crippen molar-refractivity contribution in [2.45, 2.75) is 191 Å². The Balaban J connectivity index is 0.000000131. The molecule has 17 nitrogen and oxygen atoms in total. The second-order valence-electron chi connectivity index (χ2n) is 39.4. The Morgan fingerprint density at radius 3 is 1.14 bits per heavy atom. The summed E-state index contributed by atoms with van der Waals surface area (Å²) in [6, 6.07) is 134. The molecule has 19 aromatic rings. The van der Waals surface area contributed by atoms with Crippen LogP contribution in [-0.4, -0.2) is 68.4 Å². The van der Waals surface area contributed by atoms with Crippen LogP contribution in [0.2, 0.25) is 0 Å². The molecule has 0 fully saturated rings. The molecule has 0 bridgehead atoms. The van der Waals surface area contributed by atoms with Gasteiger partial charge in [0, 0.05) is 178 Å². The molecule has 3 aliphatic heterocycles. The number of hydrogen-bond acceptors (Lipinski definition) is 13. The van der Waals surface area contributed by atoms with Gasteiger partial charge in [0.15, 0.2) is 0 Å². The molecular formula is C132H150N14O3. The van der Waals surface area contributed by atoms with Crippen molar-refractivity contribution in [3.63, 3.8) is 0 Å². The third-order valence-corrected chi connectivity index (χ3v) is 28.2. The summed E-state index contributed by atoms with van der Waals surface area (Å²) >= 11 is 0. The molecule has 0 saturated heterocycles. The number of phenols is 1. The van der Waals surface area contributed by atoms with Gasteiger partial charge in [0.2, 0.25) is 0 Å². The summed E-state index contributed by atoms with van der Waals surface area (Å²) in [6.45, 7) is 27.9. The maximum Gasteiger partial charge on any atom is 0.343 e. The first-order valence-electron chi connectivity index (χ1n) is 52.5. The number of anilines is 3. The molecule has 4 unspecified atom stereocenters. The van der Waals surface area contributed by atoms with Crippen LogP contribution in [-0.2, 0) is 91.8 Å². The molecule has 22 rings (SSSR count). The minimum Gasteiger partial charge on any atom is -0.508 e. The van der Waals surface area contributed by atoms with Crippen LogP contribution in [0.4, 0.5) is 17.1 Å². The Hall–Kier alpha value is -15.2. The largest absolute Gasteiger partial charge is 0.508 e. The topological polar surface area (TPSA) is 219 Å². The first-order valence-corrected chi connectivity index (χ1v) is 52.5. The quantitative estimate of drug-likeness (QED) is 0.0149. The molecule has 0 aliphatic carbocycles. The summed E-state index contributed by atoms with van der Waals surface area (Å²) in [7, 11) is 2.13. The lowest BCUT2D eigenvalue weighted by atomic mass is 9.98. The number of rotatable bonds is 30. The number of aryl methyl sites for hydroxylation is 10. The van der Waals surface area contributed by atoms with Crippen LogP contribution in [0.1, 0.15) is 167 Å². The number of H-pyrrole nitrogens is 3. The lowest BCUT2D eigenvalue weighted by molar-refractivity contribution is 0.0733. The number of ether oxygens (including phenoxy) is 1. The second kappa shape index (κ2) is 55.6. The van der Waals surface area contributed by atoms with Crippen LogP contribution in [0.25, 0.3) is 43.6 Å². The summed E-state index contributed by atoms with van der Waals surface area (Å²) in [5.74, 6) is 0.637. The number of aromatic nitrogens is 4. The Kier molecular flexibility index (Phi) is 40.3. The van der Waals surface area contributed by atoms with Crippen molar-refractivity contribution in [3.8, 4) is 11.5 Å². The van der Waals surface area contributed by atoms with Gasteiger partial charge in [-0.25, -0.2) is 4.79 Å². The van der Waals surface area contributed by atoms with E-state index in [0.717, 1.165) is 129 Å². The van der Waals surface area contributed by atoms with E-state index < -0.39 is 0 Å². The van der Waals surface area contributed by atoms with Gasteiger partial charge in [-0.15, -0.1) is 0 Å². The SMILES string of the molecule is C.CC(NCC1CCc2ccccc2N1)c1ccccc1.Cc1ccc(CNCC2CCc3ccccc3N2)cc1C.Cc1ccc(CNCc2cc3ccccc3[nH]2)cc1O.Cc1ccc(CNCc2cc3ccccc3[nH]2)cc1OC(=O)c1cc(C)c(C)c(C)c1.Cn1c(CNCc2ccccc2)cc2ccccc21.c1ccc(CNCC2CCc3ccccc3N2)cc1.c1ccc(CNCc2cc3ccccc3[nH]2)cc1. The smallest absolute Gasteiger partial charge is 0.343 e. The number of carbonyl (C=O) groups is 1. The lowest BCUT2D eigenvalue weighted by Gasteiger charge is -2.28. The van der Waals surface area contributed by atoms with Crippen molar-refractivity contribution in [2.24, 2.45) is 7.05 Å². The van der Waals surface area contributed by atoms with Gasteiger partial charge >= 0.3 is 5.97 Å². The molecule has 4 aromatic heterocycles. The molecule has 7 heterocycles. The van der Waals surface area contributed by atoms with E-state index >= 15 is 0 Å². The Morgan fingerprint density at radius 1 is 0.336 bits per heavy atom. The highest BCUT2D eigenvalue weighted by molar-refractivity contribution is 5.92. The lowest BCUT2D eigenvalue weighted by Crippen LogP contribution is -2.36. The van der Waals surface area contributed by atoms with Crippen LogP contribution in [0, 0.1) is 48.5 Å². The van der Waals surface area contributed by atoms with E-state index in [9.17, 15) is 9.90 Å². The van der Waals surface area contributed by atoms with Gasteiger partial charge in [0.05, 0.1) is 5.56 Å². The molecule has 4 atom stereocenters. The molecule has 15 aromatic carbocycles. The van der Waals surface area contributed by atoms with E-state index in [2.05, 4.69) is 411 Å². The van der Waals surface area contributed by atoms with Gasteiger partial charge in [-0.2, -0.15) is 0 Å². The number of fused-ring (bicyclic) bond motifs is 7. The summed E-state index contributed by atoms with van der Waals surface area (Å²) in [5, 5.41) is 50.2. The van der Waals surface area contributed by atoms with E-state index in [1.807, 2.05) is 107 Å². The standard InChI is InChI=1S/C27H28N2O2.C19H24N2.C18H22N2.C17H18N2O.C17H18N2.C17H20N2.C16H16N2.CH4/c1-17-9-10-21(15-28-16-24-14-22-7-5-6-8-25(22)29-24)13-26(17)31-27(30)23-11-18(2)20(4)19(3)12-23;1-14-7-8-16(11-15(14)2)12-20-13-18-10-9-17-5-3-4-6-19(17)21-18;1-14(15-7-3-2-4-8-15)19-13-17-12-11-16-9-5-6-10-18(16)20-17;1-12-6-7-13(8-17(12)20)10-18-11-15-9-14-4-2-3-5-16(14)19-15;1-19-16(11-15-9-5-6-10-17(15)19)13-18-12-14-7-3-2-4-8-14;1-2-6-14(7-3-1)12-18-13-16-11-10-15-8-4-5-9-17(15)19-16;1-2-6-13(7-3-1)11-17-12-15-10-14-8-4-5-9-16(14)18-15;/h5-14,28-29H,15-16H2,1-4H3;3-8,11,18,20-21H,9-10,12-13H2,1-2H3;2-10,14,17,19-20H,11-13H2,1H3;2-9,18-20H,10-11H2,1H3;2-11,18H,12-13H2,1H3;1-9,16,18-19H,10-13H2;1-10,17-18H,11-12H2;1H4. The number of para-hydroxylation sites is 7. The zero-order chi connectivity index (χ0) is 103. The monoisotopic (exact) mass is 1980 g/mol. The van der Waals surface area contributed by atoms with Crippen LogP contribution in [0.15, 0.2) is 382 Å². The Bertz CT molecular complexity index is 7270. The zero-order valence-electron chi connectivity index (χ0n) is 87.3. The van der Waals surface area contributed by atoms with Crippen molar-refractivity contribution >= 4 is 66.6 Å². The van der Waals surface area contributed by atoms with Crippen LogP contribution < -0.4 is 57.9 Å². The van der Waals surface area contributed by atoms with Gasteiger partial charge in [0.1, 0.15) is 11.5 Å². The number of hydrogen-bond donors (Lipinski definition) is 14. The number of esters is 1. The minimum atomic E-state index is -0.322. The van der Waals surface area contributed by atoms with Crippen molar-refractivity contribution in [3.05, 3.63) is 505 Å². The van der Waals surface area contributed by atoms with Gasteiger partial charge < -0.3 is 82.5 Å². The summed E-state index contributed by atoms with van der Waals surface area (Å²) in [5.41, 5.74) is 35.3. The first-order chi connectivity index (χ1) is 72.3. The number of benzene rings is 15. The molecule has 0 saturated carbocycles. The Morgan fingerprint density at radius 2 is 0.698 bits per heavy atom. The van der Waals surface area contributed by atoms with Crippen LogP contribution in [0.3, 0.4) is 0 Å². The average Bonchev–Trinajstić information content (AvgIpc) is 1.75. The van der Waals surface area contributed by atoms with E-state index in [1.54, 1.807) is 0 Å². The second-order valence-corrected chi connectivity index (χ2v) is 39.4. The maximum atomic E-state index is 12.7. The highest BCUT2D eigenvalue weighted by atomic mass is 16.5. The van der Waals surface area contributed by atoms with E-state index in [0.29, 0.717) is 47.8 Å². The van der Waals surface area contributed by atoms with Crippen LogP contribution in [0.5, 0.6) is 11.5 Å². The summed E-state index contributed by atoms with van der Waals surface area (Å²) in [4.78, 5) is 23.0. The van der Waals surface area contributed by atoms with Crippen molar-refractivity contribution < 1.29 is 14.6 Å². The normalized spacial score (nSPS) is 13.7. The van der Waals surface area contributed by atoms with Gasteiger partial charge in [0.25, 0.3) is 0 Å². The highest BCUT2D eigenvalue weighted by Crippen LogP contribution is 2.31. The molecule has 0 spiro atoms. The van der Waals surface area contributed by atoms with E-state index in [4.69, 9.17) is 4.74 Å². The number of aromatic hydroxyl groups is 1. The number of phenolic OH excluding ortho intramolecular Hbond substituents is 1. The Labute approximate surface area is 882 Å². The van der Waals surface area contributed by atoms with E-state index in [1.165, 1.54) is 166 Å². The molecule has 3 aliphatic rings. The molecule has 766 valence electrons. The molecule has 17 heteroatoms. The number of aromatic amines is 3. The van der Waals surface area contributed by atoms with E-state index in [-0.39, 0.29) is 13.4 Å². The van der Waals surface area contributed by atoms with Crippen molar-refractivity contribution in [1.29, 1.82) is 0 Å². The summed E-state index contributed by atoms with van der Waals surface area (Å²) < 4.78 is 8.01. The maximum absolute atomic E-state index is 12.7. The van der Waals surface area contributed by atoms with Crippen molar-refractivity contribution in [1.82, 2.24) is 56.7 Å².